The molecule has 1 atom stereocenters. The highest BCUT2D eigenvalue weighted by atomic mass is 16.5. The summed E-state index contributed by atoms with van der Waals surface area (Å²) in [7, 11) is 0. The van der Waals surface area contributed by atoms with Crippen LogP contribution < -0.4 is 15.8 Å². The number of benzene rings is 1. The van der Waals surface area contributed by atoms with Gasteiger partial charge in [0.2, 0.25) is 0 Å². The SMILES string of the molecule is NCCNC[C@@H](O)COc1ccc(O)cc1. The van der Waals surface area contributed by atoms with E-state index in [2.05, 4.69) is 5.32 Å². The van der Waals surface area contributed by atoms with Crippen molar-refractivity contribution >= 4 is 0 Å². The third-order valence-electron chi connectivity index (χ3n) is 1.98. The van der Waals surface area contributed by atoms with Crippen LogP contribution in [0.1, 0.15) is 0 Å². The van der Waals surface area contributed by atoms with Gasteiger partial charge in [-0.25, -0.2) is 0 Å². The number of rotatable bonds is 7. The smallest absolute Gasteiger partial charge is 0.119 e. The maximum absolute atomic E-state index is 9.51. The first-order valence-electron chi connectivity index (χ1n) is 5.23. The van der Waals surface area contributed by atoms with Crippen LogP contribution in [-0.4, -0.2) is 42.6 Å². The summed E-state index contributed by atoms with van der Waals surface area (Å²) in [6, 6.07) is 6.37. The van der Waals surface area contributed by atoms with Crippen LogP contribution in [0.5, 0.6) is 11.5 Å². The van der Waals surface area contributed by atoms with Gasteiger partial charge in [-0.05, 0) is 24.3 Å². The van der Waals surface area contributed by atoms with Crippen LogP contribution in [0.25, 0.3) is 0 Å². The molecule has 0 aliphatic heterocycles. The van der Waals surface area contributed by atoms with Crippen molar-refractivity contribution in [1.29, 1.82) is 0 Å². The van der Waals surface area contributed by atoms with E-state index >= 15 is 0 Å². The average Bonchev–Trinajstić information content (AvgIpc) is 2.29. The number of aliphatic hydroxyl groups is 1. The zero-order valence-corrected chi connectivity index (χ0v) is 9.10. The van der Waals surface area contributed by atoms with E-state index < -0.39 is 6.10 Å². The Labute approximate surface area is 94.8 Å². The van der Waals surface area contributed by atoms with E-state index in [4.69, 9.17) is 15.6 Å². The van der Waals surface area contributed by atoms with E-state index in [9.17, 15) is 5.11 Å². The van der Waals surface area contributed by atoms with E-state index in [0.717, 1.165) is 0 Å². The van der Waals surface area contributed by atoms with Crippen molar-refractivity contribution in [2.24, 2.45) is 5.73 Å². The van der Waals surface area contributed by atoms with Crippen LogP contribution in [0.15, 0.2) is 24.3 Å². The first-order chi connectivity index (χ1) is 7.72. The predicted octanol–water partition coefficient (Wildman–Crippen LogP) is -0.320. The largest absolute Gasteiger partial charge is 0.508 e. The molecule has 0 aliphatic rings. The average molecular weight is 226 g/mol. The lowest BCUT2D eigenvalue weighted by Gasteiger charge is -2.12. The van der Waals surface area contributed by atoms with E-state index in [-0.39, 0.29) is 12.4 Å². The molecule has 16 heavy (non-hydrogen) atoms. The molecule has 0 saturated heterocycles. The van der Waals surface area contributed by atoms with Gasteiger partial charge in [0.1, 0.15) is 24.2 Å². The van der Waals surface area contributed by atoms with Crippen molar-refractivity contribution in [1.82, 2.24) is 5.32 Å². The summed E-state index contributed by atoms with van der Waals surface area (Å²) in [5.41, 5.74) is 5.29. The van der Waals surface area contributed by atoms with E-state index in [1.165, 1.54) is 12.1 Å². The summed E-state index contributed by atoms with van der Waals surface area (Å²) in [6.45, 7) is 1.89. The first kappa shape index (κ1) is 12.8. The van der Waals surface area contributed by atoms with Crippen molar-refractivity contribution in [3.63, 3.8) is 0 Å². The summed E-state index contributed by atoms with van der Waals surface area (Å²) in [5, 5.41) is 21.5. The molecule has 5 N–H and O–H groups in total. The minimum Gasteiger partial charge on any atom is -0.508 e. The number of nitrogens with one attached hydrogen (secondary N) is 1. The van der Waals surface area contributed by atoms with E-state index in [1.54, 1.807) is 12.1 Å². The second-order valence-corrected chi connectivity index (χ2v) is 3.45. The van der Waals surface area contributed by atoms with Crippen molar-refractivity contribution in [2.45, 2.75) is 6.10 Å². The lowest BCUT2D eigenvalue weighted by atomic mass is 10.3. The molecule has 0 aliphatic carbocycles. The van der Waals surface area contributed by atoms with Gasteiger partial charge >= 0.3 is 0 Å². The summed E-state index contributed by atoms with van der Waals surface area (Å²) < 4.78 is 5.32. The minimum atomic E-state index is -0.569. The monoisotopic (exact) mass is 226 g/mol. The van der Waals surface area contributed by atoms with Gasteiger partial charge in [-0.1, -0.05) is 0 Å². The Morgan fingerprint density at radius 2 is 2.00 bits per heavy atom. The standard InChI is InChI=1S/C11H18N2O3/c12-5-6-13-7-10(15)8-16-11-3-1-9(14)2-4-11/h1-4,10,13-15H,5-8,12H2/t10-/m1/s1. The summed E-state index contributed by atoms with van der Waals surface area (Å²) in [5.74, 6) is 0.813. The molecule has 0 amide bonds. The van der Waals surface area contributed by atoms with E-state index in [1.807, 2.05) is 0 Å². The zero-order valence-electron chi connectivity index (χ0n) is 9.10. The van der Waals surface area contributed by atoms with Gasteiger partial charge < -0.3 is 26.0 Å². The van der Waals surface area contributed by atoms with Crippen LogP contribution >= 0.6 is 0 Å². The Morgan fingerprint density at radius 1 is 1.31 bits per heavy atom. The number of hydrogen-bond donors (Lipinski definition) is 4. The van der Waals surface area contributed by atoms with Gasteiger partial charge in [0, 0.05) is 19.6 Å². The molecule has 0 aromatic heterocycles. The molecule has 0 heterocycles. The maximum atomic E-state index is 9.51. The molecule has 0 radical (unpaired) electrons. The van der Waals surface area contributed by atoms with Crippen molar-refractivity contribution in [3.05, 3.63) is 24.3 Å². The highest BCUT2D eigenvalue weighted by molar-refractivity contribution is 5.30. The molecule has 0 bridgehead atoms. The summed E-state index contributed by atoms with van der Waals surface area (Å²) >= 11 is 0. The van der Waals surface area contributed by atoms with Gasteiger partial charge in [0.05, 0.1) is 0 Å². The van der Waals surface area contributed by atoms with Gasteiger partial charge in [-0.3, -0.25) is 0 Å². The molecule has 5 nitrogen and oxygen atoms in total. The lowest BCUT2D eigenvalue weighted by molar-refractivity contribution is 0.107. The Morgan fingerprint density at radius 3 is 2.62 bits per heavy atom. The molecule has 1 rings (SSSR count). The highest BCUT2D eigenvalue weighted by Crippen LogP contribution is 2.15. The number of hydrogen-bond acceptors (Lipinski definition) is 5. The molecule has 5 heteroatoms. The van der Waals surface area contributed by atoms with E-state index in [0.29, 0.717) is 25.4 Å². The lowest BCUT2D eigenvalue weighted by Crippen LogP contribution is -2.34. The molecule has 0 unspecified atom stereocenters. The number of nitrogens with two attached hydrogens (primary N) is 1. The second kappa shape index (κ2) is 7.05. The van der Waals surface area contributed by atoms with Gasteiger partial charge in [-0.2, -0.15) is 0 Å². The molecular weight excluding hydrogens is 208 g/mol. The first-order valence-corrected chi connectivity index (χ1v) is 5.23. The number of aromatic hydroxyl groups is 1. The second-order valence-electron chi connectivity index (χ2n) is 3.45. The van der Waals surface area contributed by atoms with Crippen LogP contribution in [-0.2, 0) is 0 Å². The number of phenolic OH excluding ortho intramolecular Hbond substituents is 1. The van der Waals surface area contributed by atoms with Crippen molar-refractivity contribution in [3.8, 4) is 11.5 Å². The summed E-state index contributed by atoms with van der Waals surface area (Å²) in [6.07, 6.45) is -0.569. The van der Waals surface area contributed by atoms with Crippen LogP contribution in [0.4, 0.5) is 0 Å². The van der Waals surface area contributed by atoms with Crippen molar-refractivity contribution < 1.29 is 14.9 Å². The Hall–Kier alpha value is -1.30. The Bertz CT molecular complexity index is 290. The maximum Gasteiger partial charge on any atom is 0.119 e. The molecule has 0 spiro atoms. The number of aliphatic hydroxyl groups excluding tert-OH is 1. The molecular formula is C11H18N2O3. The predicted molar refractivity (Wildman–Crippen MR) is 61.5 cm³/mol. The fraction of sp³-hybridized carbons (Fsp3) is 0.455. The fourth-order valence-electron chi connectivity index (χ4n) is 1.16. The molecule has 0 saturated carbocycles. The zero-order chi connectivity index (χ0) is 11.8. The van der Waals surface area contributed by atoms with Crippen molar-refractivity contribution in [2.75, 3.05) is 26.2 Å². The Balaban J connectivity index is 2.20. The normalized spacial score (nSPS) is 12.4. The summed E-state index contributed by atoms with van der Waals surface area (Å²) in [4.78, 5) is 0. The van der Waals surface area contributed by atoms with Crippen LogP contribution in [0, 0.1) is 0 Å². The molecule has 90 valence electrons. The van der Waals surface area contributed by atoms with Gasteiger partial charge in [-0.15, -0.1) is 0 Å². The van der Waals surface area contributed by atoms with Crippen LogP contribution in [0.3, 0.4) is 0 Å². The fourth-order valence-corrected chi connectivity index (χ4v) is 1.16. The quantitative estimate of drug-likeness (QED) is 0.479. The van der Waals surface area contributed by atoms with Gasteiger partial charge in [0.25, 0.3) is 0 Å². The van der Waals surface area contributed by atoms with Gasteiger partial charge in [0.15, 0.2) is 0 Å². The molecule has 0 fully saturated rings. The topological polar surface area (TPSA) is 87.7 Å². The third kappa shape index (κ3) is 4.97. The van der Waals surface area contributed by atoms with Crippen LogP contribution in [0.2, 0.25) is 0 Å². The Kier molecular flexibility index (Phi) is 5.63. The minimum absolute atomic E-state index is 0.192. The molecule has 1 aromatic rings. The number of ether oxygens (including phenoxy) is 1. The highest BCUT2D eigenvalue weighted by Gasteiger charge is 2.04. The molecule has 1 aromatic carbocycles. The third-order valence-corrected chi connectivity index (χ3v) is 1.98. The number of phenols is 1.